The summed E-state index contributed by atoms with van der Waals surface area (Å²) in [5.41, 5.74) is 0.557. The summed E-state index contributed by atoms with van der Waals surface area (Å²) in [6.07, 6.45) is 4.00. The Balaban J connectivity index is 1.66. The third kappa shape index (κ3) is 2.92. The number of fused-ring (bicyclic) bond motifs is 2. The molecular formula is C14H17NOS2. The highest BCUT2D eigenvalue weighted by Crippen LogP contribution is 2.43. The lowest BCUT2D eigenvalue weighted by molar-refractivity contribution is 0.0146. The molecule has 1 aliphatic carbocycles. The molecular weight excluding hydrogens is 262 g/mol. The van der Waals surface area contributed by atoms with Crippen LogP contribution >= 0.6 is 23.5 Å². The molecule has 1 aromatic carbocycles. The third-order valence-corrected chi connectivity index (χ3v) is 5.92. The Morgan fingerprint density at radius 2 is 2.22 bits per heavy atom. The third-order valence-electron chi connectivity index (χ3n) is 3.43. The first-order chi connectivity index (χ1) is 8.73. The van der Waals surface area contributed by atoms with E-state index >= 15 is 0 Å². The van der Waals surface area contributed by atoms with E-state index in [1.165, 1.54) is 12.0 Å². The van der Waals surface area contributed by atoms with Crippen LogP contribution in [-0.4, -0.2) is 20.5 Å². The number of aliphatic imine (C=N–C) groups is 1. The Labute approximate surface area is 116 Å². The molecule has 2 atom stereocenters. The average molecular weight is 279 g/mol. The van der Waals surface area contributed by atoms with Crippen LogP contribution in [0.3, 0.4) is 0 Å². The first kappa shape index (κ1) is 12.6. The zero-order valence-corrected chi connectivity index (χ0v) is 11.8. The zero-order valence-electron chi connectivity index (χ0n) is 10.2. The normalized spacial score (nSPS) is 30.9. The highest BCUT2D eigenvalue weighted by molar-refractivity contribution is 8.38. The summed E-state index contributed by atoms with van der Waals surface area (Å²) in [6.45, 7) is 0. The van der Waals surface area contributed by atoms with Gasteiger partial charge in [-0.05, 0) is 24.8 Å². The van der Waals surface area contributed by atoms with Crippen molar-refractivity contribution in [2.45, 2.75) is 42.4 Å². The van der Waals surface area contributed by atoms with Crippen LogP contribution in [0.2, 0.25) is 0 Å². The van der Waals surface area contributed by atoms with Crippen LogP contribution in [0.4, 0.5) is 0 Å². The summed E-state index contributed by atoms with van der Waals surface area (Å²) < 4.78 is 1.07. The van der Waals surface area contributed by atoms with Gasteiger partial charge < -0.3 is 5.11 Å². The van der Waals surface area contributed by atoms with Crippen molar-refractivity contribution in [2.75, 3.05) is 0 Å². The van der Waals surface area contributed by atoms with Gasteiger partial charge in [-0.15, -0.1) is 0 Å². The number of nitrogens with zero attached hydrogens (tertiary/aromatic N) is 1. The predicted molar refractivity (Wildman–Crippen MR) is 80.0 cm³/mol. The second-order valence-electron chi connectivity index (χ2n) is 4.97. The predicted octanol–water partition coefficient (Wildman–Crippen LogP) is 3.65. The van der Waals surface area contributed by atoms with Crippen LogP contribution in [0.15, 0.2) is 35.3 Å². The molecule has 1 N–H and O–H groups in total. The molecule has 0 amide bonds. The van der Waals surface area contributed by atoms with Gasteiger partial charge in [0.15, 0.2) is 5.72 Å². The van der Waals surface area contributed by atoms with Crippen molar-refractivity contribution in [1.82, 2.24) is 0 Å². The van der Waals surface area contributed by atoms with E-state index in [-0.39, 0.29) is 0 Å². The van der Waals surface area contributed by atoms with Crippen molar-refractivity contribution < 1.29 is 5.11 Å². The number of hydrogen-bond donors (Lipinski definition) is 1. The first-order valence-corrected chi connectivity index (χ1v) is 8.26. The molecule has 96 valence electrons. The van der Waals surface area contributed by atoms with Gasteiger partial charge in [0.1, 0.15) is 4.38 Å². The summed E-state index contributed by atoms with van der Waals surface area (Å²) in [4.78, 5) is 4.55. The maximum Gasteiger partial charge on any atom is 0.158 e. The fraction of sp³-hybridized carbons (Fsp3) is 0.500. The van der Waals surface area contributed by atoms with Crippen molar-refractivity contribution in [1.29, 1.82) is 0 Å². The minimum Gasteiger partial charge on any atom is -0.369 e. The number of hydrogen-bond acceptors (Lipinski definition) is 4. The van der Waals surface area contributed by atoms with E-state index in [2.05, 4.69) is 29.3 Å². The Morgan fingerprint density at radius 3 is 3.00 bits per heavy atom. The van der Waals surface area contributed by atoms with Crippen molar-refractivity contribution in [2.24, 2.45) is 4.99 Å². The van der Waals surface area contributed by atoms with Gasteiger partial charge in [-0.2, -0.15) is 0 Å². The van der Waals surface area contributed by atoms with Gasteiger partial charge in [-0.1, -0.05) is 53.9 Å². The van der Waals surface area contributed by atoms with E-state index in [1.807, 2.05) is 17.8 Å². The Kier molecular flexibility index (Phi) is 3.68. The van der Waals surface area contributed by atoms with Gasteiger partial charge in [0.05, 0.1) is 0 Å². The summed E-state index contributed by atoms with van der Waals surface area (Å²) in [7, 11) is 0. The lowest BCUT2D eigenvalue weighted by Gasteiger charge is -2.37. The minimum atomic E-state index is -0.757. The van der Waals surface area contributed by atoms with E-state index in [1.54, 1.807) is 11.8 Å². The Morgan fingerprint density at radius 1 is 1.39 bits per heavy atom. The summed E-state index contributed by atoms with van der Waals surface area (Å²) >= 11 is 3.62. The van der Waals surface area contributed by atoms with Gasteiger partial charge in [0.2, 0.25) is 0 Å². The quantitative estimate of drug-likeness (QED) is 0.897. The maximum absolute atomic E-state index is 10.4. The lowest BCUT2D eigenvalue weighted by Crippen LogP contribution is -2.38. The van der Waals surface area contributed by atoms with Crippen LogP contribution in [0.25, 0.3) is 0 Å². The van der Waals surface area contributed by atoms with E-state index < -0.39 is 5.72 Å². The second-order valence-corrected chi connectivity index (χ2v) is 7.48. The molecule has 2 nitrogen and oxygen atoms in total. The number of benzene rings is 1. The zero-order chi connectivity index (χ0) is 12.4. The smallest absolute Gasteiger partial charge is 0.158 e. The molecule has 2 unspecified atom stereocenters. The van der Waals surface area contributed by atoms with E-state index in [9.17, 15) is 5.11 Å². The van der Waals surface area contributed by atoms with Crippen molar-refractivity contribution in [3.8, 4) is 0 Å². The molecule has 0 radical (unpaired) electrons. The van der Waals surface area contributed by atoms with Crippen LogP contribution in [0.5, 0.6) is 0 Å². The van der Waals surface area contributed by atoms with Crippen LogP contribution in [-0.2, 0) is 5.75 Å². The van der Waals surface area contributed by atoms with E-state index in [0.29, 0.717) is 5.25 Å². The lowest BCUT2D eigenvalue weighted by atomic mass is 9.92. The van der Waals surface area contributed by atoms with Crippen LogP contribution in [0, 0.1) is 0 Å². The Hall–Kier alpha value is -0.450. The molecule has 4 heteroatoms. The van der Waals surface area contributed by atoms with Gasteiger partial charge >= 0.3 is 0 Å². The number of rotatable bonds is 2. The molecule has 1 fully saturated rings. The van der Waals surface area contributed by atoms with Crippen molar-refractivity contribution in [3.63, 3.8) is 0 Å². The van der Waals surface area contributed by atoms with Gasteiger partial charge in [0.25, 0.3) is 0 Å². The first-order valence-electron chi connectivity index (χ1n) is 6.39. The van der Waals surface area contributed by atoms with E-state index in [0.717, 1.165) is 29.4 Å². The molecule has 0 spiro atoms. The Bertz CT molecular complexity index is 448. The molecule has 0 saturated heterocycles. The van der Waals surface area contributed by atoms with Gasteiger partial charge in [-0.3, -0.25) is 0 Å². The fourth-order valence-corrected chi connectivity index (χ4v) is 5.22. The molecule has 1 aromatic rings. The molecule has 1 aliphatic heterocycles. The minimum absolute atomic E-state index is 0.569. The van der Waals surface area contributed by atoms with Gasteiger partial charge in [0, 0.05) is 17.4 Å². The summed E-state index contributed by atoms with van der Waals surface area (Å²) in [6, 6.07) is 10.4. The number of aliphatic hydroxyl groups is 1. The molecule has 2 aliphatic rings. The van der Waals surface area contributed by atoms with Gasteiger partial charge in [-0.25, -0.2) is 4.99 Å². The maximum atomic E-state index is 10.4. The highest BCUT2D eigenvalue weighted by Gasteiger charge is 2.38. The molecule has 3 rings (SSSR count). The highest BCUT2D eigenvalue weighted by atomic mass is 32.2. The van der Waals surface area contributed by atoms with Crippen molar-refractivity contribution in [3.05, 3.63) is 35.9 Å². The monoisotopic (exact) mass is 279 g/mol. The SMILES string of the molecule is OC12CCCC(C1)SC(SCc1ccccc1)=N2. The van der Waals surface area contributed by atoms with Crippen molar-refractivity contribution >= 4 is 27.9 Å². The summed E-state index contributed by atoms with van der Waals surface area (Å²) in [5, 5.41) is 10.9. The number of thioether (sulfide) groups is 2. The molecule has 1 saturated carbocycles. The summed E-state index contributed by atoms with van der Waals surface area (Å²) in [5.74, 6) is 0.940. The molecule has 2 bridgehead atoms. The molecule has 1 heterocycles. The van der Waals surface area contributed by atoms with Crippen LogP contribution in [0.1, 0.15) is 31.2 Å². The fourth-order valence-electron chi connectivity index (χ4n) is 2.51. The van der Waals surface area contributed by atoms with E-state index in [4.69, 9.17) is 0 Å². The molecule has 18 heavy (non-hydrogen) atoms. The molecule has 0 aromatic heterocycles. The average Bonchev–Trinajstić information content (AvgIpc) is 2.36. The standard InChI is InChI=1S/C14H17NOS2/c16-14-8-4-7-12(9-14)18-13(15-14)17-10-11-5-2-1-3-6-11/h1-3,5-6,12,16H,4,7-10H2. The largest absolute Gasteiger partial charge is 0.369 e. The topological polar surface area (TPSA) is 32.6 Å². The van der Waals surface area contributed by atoms with Crippen LogP contribution < -0.4 is 0 Å². The second kappa shape index (κ2) is 5.27.